The Morgan fingerprint density at radius 1 is 1.08 bits per heavy atom. The van der Waals surface area contributed by atoms with Gasteiger partial charge in [-0.05, 0) is 54.4 Å². The molecular formula is C30H33N3O5Si. The highest BCUT2D eigenvalue weighted by Gasteiger charge is 2.64. The lowest BCUT2D eigenvalue weighted by Crippen LogP contribution is -2.51. The standard InChI is InChI=1S/C30H33N3O5Si/c1-18-27(39(3,4)21-12-10-20(37-2)11-13-21)26(15-16-34)38-30(18)23-17-19(9-14-25(23)31-29(30)36)33-28(35)22-7-5-6-8-24(22)32-33/h5-14,17-18,26-27,32,34H,15-16H2,1-4H3,(H,31,36)/t18-,26+,27-,30+/m0/s1. The van der Waals surface area contributed by atoms with Crippen molar-refractivity contribution in [1.29, 1.82) is 0 Å². The van der Waals surface area contributed by atoms with E-state index in [9.17, 15) is 14.7 Å². The maximum atomic E-state index is 13.8. The fourth-order valence-electron chi connectivity index (χ4n) is 6.90. The van der Waals surface area contributed by atoms with Gasteiger partial charge in [0.1, 0.15) is 5.75 Å². The average molecular weight is 544 g/mol. The molecule has 1 fully saturated rings. The number of anilines is 1. The van der Waals surface area contributed by atoms with Gasteiger partial charge in [-0.1, -0.05) is 49.5 Å². The van der Waals surface area contributed by atoms with E-state index in [2.05, 4.69) is 42.6 Å². The van der Waals surface area contributed by atoms with Crippen molar-refractivity contribution in [2.75, 3.05) is 19.0 Å². The van der Waals surface area contributed by atoms with E-state index in [4.69, 9.17) is 9.47 Å². The zero-order chi connectivity index (χ0) is 27.5. The number of methoxy groups -OCH3 is 1. The van der Waals surface area contributed by atoms with Gasteiger partial charge in [-0.25, -0.2) is 4.68 Å². The minimum absolute atomic E-state index is 0.0317. The third-order valence-corrected chi connectivity index (χ3v) is 13.2. The minimum atomic E-state index is -2.23. The molecule has 3 heterocycles. The van der Waals surface area contributed by atoms with Crippen molar-refractivity contribution in [3.8, 4) is 11.4 Å². The maximum absolute atomic E-state index is 13.8. The molecule has 0 bridgehead atoms. The van der Waals surface area contributed by atoms with Gasteiger partial charge in [0.25, 0.3) is 11.5 Å². The van der Waals surface area contributed by atoms with Gasteiger partial charge in [-0.2, -0.15) is 0 Å². The number of aliphatic hydroxyl groups is 1. The van der Waals surface area contributed by atoms with Crippen LogP contribution in [0.5, 0.6) is 5.75 Å². The zero-order valence-electron chi connectivity index (χ0n) is 22.5. The summed E-state index contributed by atoms with van der Waals surface area (Å²) in [4.78, 5) is 27.0. The number of nitrogens with one attached hydrogen (secondary N) is 2. The third-order valence-electron chi connectivity index (χ3n) is 8.84. The molecule has 3 aromatic carbocycles. The normalized spacial score (nSPS) is 24.3. The molecule has 202 valence electrons. The van der Waals surface area contributed by atoms with Crippen LogP contribution in [0.15, 0.2) is 71.5 Å². The highest BCUT2D eigenvalue weighted by Crippen LogP contribution is 2.58. The second-order valence-electron chi connectivity index (χ2n) is 11.2. The van der Waals surface area contributed by atoms with Crippen LogP contribution in [0.4, 0.5) is 5.69 Å². The summed E-state index contributed by atoms with van der Waals surface area (Å²) in [5.41, 5.74) is 1.47. The predicted octanol–water partition coefficient (Wildman–Crippen LogP) is 3.88. The number of carbonyl (C=O) groups excluding carboxylic acids is 1. The first-order chi connectivity index (χ1) is 18.7. The number of nitrogens with zero attached hydrogens (tertiary/aromatic N) is 1. The number of hydrogen-bond donors (Lipinski definition) is 3. The van der Waals surface area contributed by atoms with E-state index in [0.29, 0.717) is 23.2 Å². The van der Waals surface area contributed by atoms with Crippen LogP contribution in [0.2, 0.25) is 18.6 Å². The molecule has 1 spiro atoms. The van der Waals surface area contributed by atoms with Crippen LogP contribution in [0.3, 0.4) is 0 Å². The highest BCUT2D eigenvalue weighted by molar-refractivity contribution is 6.91. The summed E-state index contributed by atoms with van der Waals surface area (Å²) in [6.07, 6.45) is 0.137. The number of H-pyrrole nitrogens is 1. The predicted molar refractivity (Wildman–Crippen MR) is 154 cm³/mol. The Kier molecular flexibility index (Phi) is 6.05. The van der Waals surface area contributed by atoms with Crippen LogP contribution < -0.4 is 20.8 Å². The molecule has 0 unspecified atom stereocenters. The van der Waals surface area contributed by atoms with Crippen molar-refractivity contribution < 1.29 is 19.4 Å². The quantitative estimate of drug-likeness (QED) is 0.320. The van der Waals surface area contributed by atoms with Crippen LogP contribution >= 0.6 is 0 Å². The van der Waals surface area contributed by atoms with Crippen LogP contribution in [0.1, 0.15) is 18.9 Å². The SMILES string of the molecule is COc1ccc([Si](C)(C)[C@@H]2[C@@H](CCO)O[C@]3(C(=O)Nc4ccc(-n5[nH]c6ccccc6c5=O)cc43)[C@H]2C)cc1. The van der Waals surface area contributed by atoms with Crippen molar-refractivity contribution in [2.24, 2.45) is 5.92 Å². The number of amides is 1. The van der Waals surface area contributed by atoms with Crippen molar-refractivity contribution in [3.05, 3.63) is 82.6 Å². The molecule has 0 radical (unpaired) electrons. The van der Waals surface area contributed by atoms with E-state index in [1.54, 1.807) is 13.2 Å². The topological polar surface area (TPSA) is 106 Å². The number of hydrogen-bond acceptors (Lipinski definition) is 5. The molecule has 1 aromatic heterocycles. The molecule has 4 aromatic rings. The molecule has 8 nitrogen and oxygen atoms in total. The highest BCUT2D eigenvalue weighted by atomic mass is 28.3. The summed E-state index contributed by atoms with van der Waals surface area (Å²) in [6, 6.07) is 21.1. The van der Waals surface area contributed by atoms with Crippen molar-refractivity contribution in [1.82, 2.24) is 9.78 Å². The first-order valence-electron chi connectivity index (χ1n) is 13.3. The van der Waals surface area contributed by atoms with Gasteiger partial charge < -0.3 is 19.9 Å². The fourth-order valence-corrected chi connectivity index (χ4v) is 11.0. The molecule has 0 aliphatic carbocycles. The monoisotopic (exact) mass is 543 g/mol. The molecule has 2 aliphatic rings. The number of aromatic amines is 1. The van der Waals surface area contributed by atoms with Gasteiger partial charge >= 0.3 is 0 Å². The Morgan fingerprint density at radius 3 is 2.51 bits per heavy atom. The minimum Gasteiger partial charge on any atom is -0.497 e. The van der Waals surface area contributed by atoms with Crippen molar-refractivity contribution in [2.45, 2.75) is 43.7 Å². The largest absolute Gasteiger partial charge is 0.497 e. The van der Waals surface area contributed by atoms with Gasteiger partial charge in [0.15, 0.2) is 5.60 Å². The Hall–Kier alpha value is -3.66. The first-order valence-corrected chi connectivity index (χ1v) is 16.4. The fraction of sp³-hybridized carbons (Fsp3) is 0.333. The molecule has 39 heavy (non-hydrogen) atoms. The van der Waals surface area contributed by atoms with E-state index in [1.807, 2.05) is 48.5 Å². The molecular weight excluding hydrogens is 510 g/mol. The second kappa shape index (κ2) is 9.22. The zero-order valence-corrected chi connectivity index (χ0v) is 23.5. The lowest BCUT2D eigenvalue weighted by Gasteiger charge is -2.37. The summed E-state index contributed by atoms with van der Waals surface area (Å²) in [5.74, 6) is 0.427. The molecule has 4 atom stereocenters. The number of fused-ring (bicyclic) bond motifs is 3. The van der Waals surface area contributed by atoms with Crippen LogP contribution in [-0.2, 0) is 15.1 Å². The Bertz CT molecular complexity index is 1630. The summed E-state index contributed by atoms with van der Waals surface area (Å²) < 4.78 is 13.7. The first kappa shape index (κ1) is 25.6. The van der Waals surface area contributed by atoms with Crippen molar-refractivity contribution >= 4 is 35.8 Å². The van der Waals surface area contributed by atoms with Gasteiger partial charge in [0.2, 0.25) is 0 Å². The molecule has 0 saturated carbocycles. The summed E-state index contributed by atoms with van der Waals surface area (Å²) in [5, 5.41) is 18.1. The number of benzene rings is 3. The third kappa shape index (κ3) is 3.71. The van der Waals surface area contributed by atoms with Crippen LogP contribution in [0, 0.1) is 5.92 Å². The molecule has 2 aliphatic heterocycles. The molecule has 9 heteroatoms. The van der Waals surface area contributed by atoms with Gasteiger partial charge in [0, 0.05) is 23.8 Å². The number of ether oxygens (including phenoxy) is 2. The Morgan fingerprint density at radius 2 is 1.82 bits per heavy atom. The Labute approximate surface area is 227 Å². The van der Waals surface area contributed by atoms with Crippen LogP contribution in [-0.4, -0.2) is 48.7 Å². The van der Waals surface area contributed by atoms with Crippen LogP contribution in [0.25, 0.3) is 16.6 Å². The van der Waals surface area contributed by atoms with Crippen molar-refractivity contribution in [3.63, 3.8) is 0 Å². The molecule has 1 saturated heterocycles. The van der Waals surface area contributed by atoms with Gasteiger partial charge in [-0.15, -0.1) is 0 Å². The maximum Gasteiger partial charge on any atom is 0.279 e. The number of aromatic nitrogens is 2. The average Bonchev–Trinajstić information content (AvgIpc) is 3.53. The van der Waals surface area contributed by atoms with E-state index in [-0.39, 0.29) is 35.6 Å². The number of rotatable bonds is 6. The van der Waals surface area contributed by atoms with Gasteiger partial charge in [-0.3, -0.25) is 14.7 Å². The summed E-state index contributed by atoms with van der Waals surface area (Å²) in [6.45, 7) is 6.67. The Balaban J connectivity index is 1.46. The summed E-state index contributed by atoms with van der Waals surface area (Å²) >= 11 is 0. The van der Waals surface area contributed by atoms with E-state index in [0.717, 1.165) is 16.8 Å². The number of aliphatic hydroxyl groups excluding tert-OH is 1. The van der Waals surface area contributed by atoms with E-state index in [1.165, 1.54) is 9.87 Å². The summed E-state index contributed by atoms with van der Waals surface area (Å²) in [7, 11) is -0.579. The molecule has 1 amide bonds. The molecule has 3 N–H and O–H groups in total. The second-order valence-corrected chi connectivity index (χ2v) is 15.8. The smallest absolute Gasteiger partial charge is 0.279 e. The van der Waals surface area contributed by atoms with E-state index >= 15 is 0 Å². The lowest BCUT2D eigenvalue weighted by molar-refractivity contribution is -0.143. The molecule has 6 rings (SSSR count). The van der Waals surface area contributed by atoms with Gasteiger partial charge in [0.05, 0.1) is 37.9 Å². The number of carbonyl (C=O) groups is 1. The van der Waals surface area contributed by atoms with E-state index < -0.39 is 13.7 Å². The number of para-hydroxylation sites is 1. The lowest BCUT2D eigenvalue weighted by atomic mass is 9.82.